The number of rotatable bonds is 5. The zero-order valence-electron chi connectivity index (χ0n) is 14.9. The van der Waals surface area contributed by atoms with Crippen LogP contribution in [0.5, 0.6) is 0 Å². The minimum atomic E-state index is -0.625. The van der Waals surface area contributed by atoms with E-state index in [-0.39, 0.29) is 48.6 Å². The molecule has 0 radical (unpaired) electrons. The van der Waals surface area contributed by atoms with Crippen LogP contribution in [0.25, 0.3) is 0 Å². The molecule has 0 spiro atoms. The number of carbonyl (C=O) groups is 3. The third-order valence-corrected chi connectivity index (χ3v) is 5.56. The molecule has 25 heavy (non-hydrogen) atoms. The second kappa shape index (κ2) is 10.2. The van der Waals surface area contributed by atoms with Crippen molar-refractivity contribution >= 4 is 41.9 Å². The van der Waals surface area contributed by atoms with E-state index in [1.807, 2.05) is 30.5 Å². The third kappa shape index (κ3) is 5.76. The van der Waals surface area contributed by atoms with Gasteiger partial charge in [-0.05, 0) is 18.8 Å². The van der Waals surface area contributed by atoms with Crippen molar-refractivity contribution in [2.75, 3.05) is 37.7 Å². The van der Waals surface area contributed by atoms with E-state index in [4.69, 9.17) is 5.73 Å². The van der Waals surface area contributed by atoms with Crippen LogP contribution < -0.4 is 11.1 Å². The molecule has 0 aromatic heterocycles. The highest BCUT2D eigenvalue weighted by atomic mass is 35.5. The average molecular weight is 393 g/mol. The Labute approximate surface area is 159 Å². The highest BCUT2D eigenvalue weighted by Crippen LogP contribution is 2.21. The van der Waals surface area contributed by atoms with E-state index in [9.17, 15) is 14.4 Å². The first-order valence-electron chi connectivity index (χ1n) is 8.61. The number of amides is 3. The molecule has 2 aliphatic heterocycles. The van der Waals surface area contributed by atoms with Gasteiger partial charge in [0.15, 0.2) is 0 Å². The molecule has 144 valence electrons. The molecule has 9 heteroatoms. The molecule has 2 heterocycles. The van der Waals surface area contributed by atoms with E-state index in [0.29, 0.717) is 13.0 Å². The third-order valence-electron chi connectivity index (χ3n) is 4.62. The van der Waals surface area contributed by atoms with E-state index in [1.165, 1.54) is 0 Å². The molecule has 0 aliphatic carbocycles. The van der Waals surface area contributed by atoms with Crippen LogP contribution in [0, 0.1) is 5.92 Å². The maximum Gasteiger partial charge on any atom is 0.245 e. The van der Waals surface area contributed by atoms with Gasteiger partial charge in [0.25, 0.3) is 0 Å². The van der Waals surface area contributed by atoms with Gasteiger partial charge in [-0.2, -0.15) is 11.8 Å². The molecule has 1 unspecified atom stereocenters. The Morgan fingerprint density at radius 3 is 2.44 bits per heavy atom. The highest BCUT2D eigenvalue weighted by Gasteiger charge is 2.36. The number of thioether (sulfide) groups is 1. The summed E-state index contributed by atoms with van der Waals surface area (Å²) in [5.74, 6) is 1.44. The number of nitrogens with two attached hydrogens (primary N) is 1. The smallest absolute Gasteiger partial charge is 0.245 e. The summed E-state index contributed by atoms with van der Waals surface area (Å²) in [5.41, 5.74) is 5.77. The summed E-state index contributed by atoms with van der Waals surface area (Å²) in [6.07, 6.45) is 1.53. The number of hydrogen-bond donors (Lipinski definition) is 2. The molecule has 3 amide bonds. The maximum absolute atomic E-state index is 12.7. The molecule has 0 aromatic rings. The van der Waals surface area contributed by atoms with Gasteiger partial charge >= 0.3 is 0 Å². The Morgan fingerprint density at radius 2 is 1.84 bits per heavy atom. The predicted octanol–water partition coefficient (Wildman–Crippen LogP) is 0.0741. The van der Waals surface area contributed by atoms with E-state index in [2.05, 4.69) is 5.32 Å². The molecule has 2 aliphatic rings. The molecular formula is C16H29ClN4O3S. The molecule has 2 saturated heterocycles. The van der Waals surface area contributed by atoms with Gasteiger partial charge in [0.2, 0.25) is 17.7 Å². The molecular weight excluding hydrogens is 364 g/mol. The Kier molecular flexibility index (Phi) is 9.02. The fourth-order valence-electron chi connectivity index (χ4n) is 3.00. The van der Waals surface area contributed by atoms with Gasteiger partial charge < -0.3 is 20.9 Å². The lowest BCUT2D eigenvalue weighted by Gasteiger charge is -2.32. The van der Waals surface area contributed by atoms with Crippen LogP contribution >= 0.6 is 24.2 Å². The summed E-state index contributed by atoms with van der Waals surface area (Å²) >= 11 is 1.85. The number of hydrogen-bond acceptors (Lipinski definition) is 5. The van der Waals surface area contributed by atoms with Crippen LogP contribution in [0.2, 0.25) is 0 Å². The second-order valence-electron chi connectivity index (χ2n) is 6.67. The molecule has 2 fully saturated rings. The van der Waals surface area contributed by atoms with Crippen LogP contribution in [0.4, 0.5) is 0 Å². The first-order valence-corrected chi connectivity index (χ1v) is 9.76. The molecule has 0 aromatic carbocycles. The first kappa shape index (κ1) is 22.1. The second-order valence-corrected chi connectivity index (χ2v) is 7.90. The first-order chi connectivity index (χ1) is 11.4. The largest absolute Gasteiger partial charge is 0.346 e. The van der Waals surface area contributed by atoms with E-state index in [1.54, 1.807) is 4.90 Å². The minimum Gasteiger partial charge on any atom is -0.346 e. The predicted molar refractivity (Wildman–Crippen MR) is 102 cm³/mol. The fraction of sp³-hybridized carbons (Fsp3) is 0.812. The van der Waals surface area contributed by atoms with Crippen molar-refractivity contribution in [3.8, 4) is 0 Å². The van der Waals surface area contributed by atoms with Gasteiger partial charge in [-0.15, -0.1) is 12.4 Å². The maximum atomic E-state index is 12.7. The standard InChI is InChI=1S/C16H28N4O3S.ClH/c1-11(2)14(17)15(22)18-10-13(21)20-5-3-4-12(20)16(23)19-6-8-24-9-7-19;/h11-12,14H,3-10,17H2,1-2H3,(H,18,22);1H/t12?,14-;/m0./s1. The minimum absolute atomic E-state index is 0. The summed E-state index contributed by atoms with van der Waals surface area (Å²) < 4.78 is 0. The van der Waals surface area contributed by atoms with Crippen molar-refractivity contribution in [3.05, 3.63) is 0 Å². The Morgan fingerprint density at radius 1 is 1.20 bits per heavy atom. The SMILES string of the molecule is CC(C)[C@H](N)C(=O)NCC(=O)N1CCCC1C(=O)N1CCSCC1.Cl. The monoisotopic (exact) mass is 392 g/mol. The number of halogens is 1. The van der Waals surface area contributed by atoms with Gasteiger partial charge in [0.05, 0.1) is 12.6 Å². The summed E-state index contributed by atoms with van der Waals surface area (Å²) in [6, 6.07) is -1.00. The Bertz CT molecular complexity index is 486. The van der Waals surface area contributed by atoms with Gasteiger partial charge in [-0.1, -0.05) is 13.8 Å². The van der Waals surface area contributed by atoms with Gasteiger partial charge in [0.1, 0.15) is 6.04 Å². The molecule has 2 rings (SSSR count). The summed E-state index contributed by atoms with van der Waals surface area (Å²) in [4.78, 5) is 40.5. The number of nitrogens with zero attached hydrogens (tertiary/aromatic N) is 2. The zero-order chi connectivity index (χ0) is 17.7. The fourth-order valence-corrected chi connectivity index (χ4v) is 3.90. The zero-order valence-corrected chi connectivity index (χ0v) is 16.5. The number of carbonyl (C=O) groups excluding carboxylic acids is 3. The van der Waals surface area contributed by atoms with Crippen molar-refractivity contribution in [2.45, 2.75) is 38.8 Å². The number of nitrogens with one attached hydrogen (secondary N) is 1. The van der Waals surface area contributed by atoms with Crippen molar-refractivity contribution in [1.82, 2.24) is 15.1 Å². The van der Waals surface area contributed by atoms with Crippen molar-refractivity contribution < 1.29 is 14.4 Å². The molecule has 0 saturated carbocycles. The highest BCUT2D eigenvalue weighted by molar-refractivity contribution is 7.99. The van der Waals surface area contributed by atoms with Crippen molar-refractivity contribution in [1.29, 1.82) is 0 Å². The van der Waals surface area contributed by atoms with Crippen molar-refractivity contribution in [2.24, 2.45) is 11.7 Å². The van der Waals surface area contributed by atoms with E-state index in [0.717, 1.165) is 31.0 Å². The van der Waals surface area contributed by atoms with Gasteiger partial charge in [-0.3, -0.25) is 14.4 Å². The lowest BCUT2D eigenvalue weighted by atomic mass is 10.1. The summed E-state index contributed by atoms with van der Waals surface area (Å²) in [6.45, 7) is 5.70. The van der Waals surface area contributed by atoms with Crippen LogP contribution in [-0.4, -0.2) is 77.3 Å². The Balaban J connectivity index is 0.00000312. The molecule has 0 bridgehead atoms. The van der Waals surface area contributed by atoms with Gasteiger partial charge in [-0.25, -0.2) is 0 Å². The lowest BCUT2D eigenvalue weighted by Crippen LogP contribution is -2.53. The summed E-state index contributed by atoms with van der Waals surface area (Å²) in [7, 11) is 0. The van der Waals surface area contributed by atoms with Crippen LogP contribution in [0.3, 0.4) is 0 Å². The molecule has 3 N–H and O–H groups in total. The van der Waals surface area contributed by atoms with Crippen LogP contribution in [0.15, 0.2) is 0 Å². The molecule has 7 nitrogen and oxygen atoms in total. The normalized spacial score (nSPS) is 21.7. The summed E-state index contributed by atoms with van der Waals surface area (Å²) in [5, 5.41) is 2.60. The Hall–Kier alpha value is -0.990. The number of likely N-dealkylation sites (tertiary alicyclic amines) is 1. The van der Waals surface area contributed by atoms with Crippen LogP contribution in [0.1, 0.15) is 26.7 Å². The molecule has 2 atom stereocenters. The van der Waals surface area contributed by atoms with Crippen molar-refractivity contribution in [3.63, 3.8) is 0 Å². The average Bonchev–Trinajstić information content (AvgIpc) is 3.08. The quantitative estimate of drug-likeness (QED) is 0.690. The van der Waals surface area contributed by atoms with Gasteiger partial charge in [0, 0.05) is 31.1 Å². The van der Waals surface area contributed by atoms with E-state index < -0.39 is 6.04 Å². The lowest BCUT2D eigenvalue weighted by molar-refractivity contribution is -0.143. The van der Waals surface area contributed by atoms with Crippen LogP contribution in [-0.2, 0) is 14.4 Å². The van der Waals surface area contributed by atoms with E-state index >= 15 is 0 Å². The topological polar surface area (TPSA) is 95.7 Å².